The van der Waals surface area contributed by atoms with Gasteiger partial charge in [0.1, 0.15) is 0 Å². The predicted molar refractivity (Wildman–Crippen MR) is 185 cm³/mol. The SMILES string of the molecule is O=C(Nc1ccc(-c2ccc(NC(=O)c3ccc(-c4ccccc4)cc3)c(C(=O)O)c2)cc1C(=O)O)c1ccc(-c2ccccc2)cc1. The van der Waals surface area contributed by atoms with E-state index in [0.29, 0.717) is 22.3 Å². The van der Waals surface area contributed by atoms with Crippen LogP contribution in [-0.2, 0) is 0 Å². The molecule has 4 N–H and O–H groups in total. The van der Waals surface area contributed by atoms with Crippen LogP contribution in [0.5, 0.6) is 0 Å². The number of amides is 2. The number of rotatable bonds is 9. The zero-order valence-electron chi connectivity index (χ0n) is 25.4. The van der Waals surface area contributed by atoms with Gasteiger partial charge in [-0.1, -0.05) is 97.1 Å². The highest BCUT2D eigenvalue weighted by Crippen LogP contribution is 2.30. The molecule has 0 atom stereocenters. The first kappa shape index (κ1) is 31.2. The molecule has 0 aromatic heterocycles. The van der Waals surface area contributed by atoms with E-state index in [-0.39, 0.29) is 22.5 Å². The Hall–Kier alpha value is -6.80. The van der Waals surface area contributed by atoms with E-state index in [1.165, 1.54) is 24.3 Å². The summed E-state index contributed by atoms with van der Waals surface area (Å²) in [5, 5.41) is 25.3. The largest absolute Gasteiger partial charge is 0.478 e. The molecule has 0 radical (unpaired) electrons. The zero-order chi connectivity index (χ0) is 33.6. The summed E-state index contributed by atoms with van der Waals surface area (Å²) in [5.41, 5.74) is 5.24. The molecule has 0 bridgehead atoms. The van der Waals surface area contributed by atoms with E-state index in [9.17, 15) is 29.4 Å². The number of hydrogen-bond acceptors (Lipinski definition) is 4. The number of hydrogen-bond donors (Lipinski definition) is 4. The summed E-state index contributed by atoms with van der Waals surface area (Å²) in [6, 6.07) is 42.2. The Morgan fingerprint density at radius 1 is 0.375 bits per heavy atom. The summed E-state index contributed by atoms with van der Waals surface area (Å²) in [6.07, 6.45) is 0. The van der Waals surface area contributed by atoms with Gasteiger partial charge in [-0.3, -0.25) is 9.59 Å². The summed E-state index contributed by atoms with van der Waals surface area (Å²) >= 11 is 0. The van der Waals surface area contributed by atoms with Gasteiger partial charge in [0.05, 0.1) is 22.5 Å². The monoisotopic (exact) mass is 632 g/mol. The molecular weight excluding hydrogens is 604 g/mol. The highest BCUT2D eigenvalue weighted by Gasteiger charge is 2.19. The standard InChI is InChI=1S/C40H28N2O6/c43-37(29-15-11-27(12-16-29)25-7-3-1-4-8-25)41-35-21-19-31(23-33(35)39(45)46)32-20-22-36(34(24-32)40(47)48)42-38(44)30-17-13-28(14-18-30)26-9-5-2-6-10-26/h1-24H,(H,41,43)(H,42,44)(H,45,46)(H,47,48). The Balaban J connectivity index is 1.20. The maximum absolute atomic E-state index is 13.0. The second kappa shape index (κ2) is 13.7. The summed E-state index contributed by atoms with van der Waals surface area (Å²) in [4.78, 5) is 50.5. The number of carbonyl (C=O) groups is 4. The fourth-order valence-corrected chi connectivity index (χ4v) is 5.30. The minimum atomic E-state index is -1.27. The summed E-state index contributed by atoms with van der Waals surface area (Å²) in [7, 11) is 0. The van der Waals surface area contributed by atoms with Crippen LogP contribution in [0.15, 0.2) is 146 Å². The molecule has 8 heteroatoms. The predicted octanol–water partition coefficient (Wildman–Crippen LogP) is 8.59. The Labute approximate surface area is 276 Å². The van der Waals surface area contributed by atoms with E-state index in [1.54, 1.807) is 36.4 Å². The van der Waals surface area contributed by atoms with Crippen LogP contribution in [0.25, 0.3) is 33.4 Å². The molecule has 8 nitrogen and oxygen atoms in total. The Morgan fingerprint density at radius 3 is 1.02 bits per heavy atom. The minimum absolute atomic E-state index is 0.0870. The molecule has 6 aromatic rings. The molecule has 0 spiro atoms. The van der Waals surface area contributed by atoms with Gasteiger partial charge < -0.3 is 20.8 Å². The second-order valence-corrected chi connectivity index (χ2v) is 10.9. The zero-order valence-corrected chi connectivity index (χ0v) is 25.4. The molecule has 0 aliphatic rings. The fraction of sp³-hybridized carbons (Fsp3) is 0. The average molecular weight is 633 g/mol. The van der Waals surface area contributed by atoms with Crippen molar-refractivity contribution < 1.29 is 29.4 Å². The maximum Gasteiger partial charge on any atom is 0.337 e. The molecule has 0 aliphatic carbocycles. The Morgan fingerprint density at radius 2 is 0.688 bits per heavy atom. The van der Waals surface area contributed by atoms with Crippen LogP contribution >= 0.6 is 0 Å². The lowest BCUT2D eigenvalue weighted by molar-refractivity contribution is 0.0686. The minimum Gasteiger partial charge on any atom is -0.478 e. The van der Waals surface area contributed by atoms with Gasteiger partial charge in [-0.15, -0.1) is 0 Å². The van der Waals surface area contributed by atoms with Crippen molar-refractivity contribution in [3.63, 3.8) is 0 Å². The Kier molecular flexibility index (Phi) is 8.89. The number of aromatic carboxylic acids is 2. The van der Waals surface area contributed by atoms with Crippen molar-refractivity contribution in [2.45, 2.75) is 0 Å². The van der Waals surface area contributed by atoms with Crippen molar-refractivity contribution in [3.05, 3.63) is 168 Å². The van der Waals surface area contributed by atoms with Crippen LogP contribution in [-0.4, -0.2) is 34.0 Å². The van der Waals surface area contributed by atoms with Crippen LogP contribution in [0.4, 0.5) is 11.4 Å². The van der Waals surface area contributed by atoms with Crippen molar-refractivity contribution in [2.24, 2.45) is 0 Å². The topological polar surface area (TPSA) is 133 Å². The van der Waals surface area contributed by atoms with Gasteiger partial charge in [0.15, 0.2) is 0 Å². The van der Waals surface area contributed by atoms with E-state index < -0.39 is 23.8 Å². The van der Waals surface area contributed by atoms with E-state index in [0.717, 1.165) is 22.3 Å². The quantitative estimate of drug-likeness (QED) is 0.126. The molecule has 0 fully saturated rings. The number of nitrogens with one attached hydrogen (secondary N) is 2. The van der Waals surface area contributed by atoms with Gasteiger partial charge >= 0.3 is 11.9 Å². The lowest BCUT2D eigenvalue weighted by Gasteiger charge is -2.13. The lowest BCUT2D eigenvalue weighted by Crippen LogP contribution is -2.15. The van der Waals surface area contributed by atoms with Gasteiger partial charge in [-0.25, -0.2) is 9.59 Å². The molecule has 2 amide bonds. The molecule has 48 heavy (non-hydrogen) atoms. The van der Waals surface area contributed by atoms with E-state index in [2.05, 4.69) is 10.6 Å². The molecule has 6 aromatic carbocycles. The van der Waals surface area contributed by atoms with Crippen LogP contribution < -0.4 is 10.6 Å². The number of carboxylic acid groups (broad SMARTS) is 2. The number of carbonyl (C=O) groups excluding carboxylic acids is 2. The lowest BCUT2D eigenvalue weighted by atomic mass is 9.98. The van der Waals surface area contributed by atoms with Gasteiger partial charge in [0.25, 0.3) is 11.8 Å². The molecule has 6 rings (SSSR count). The first-order valence-corrected chi connectivity index (χ1v) is 15.0. The van der Waals surface area contributed by atoms with Crippen LogP contribution in [0, 0.1) is 0 Å². The highest BCUT2D eigenvalue weighted by atomic mass is 16.4. The molecule has 0 heterocycles. The third-order valence-corrected chi connectivity index (χ3v) is 7.84. The molecule has 0 unspecified atom stereocenters. The number of benzene rings is 6. The molecular formula is C40H28N2O6. The molecule has 0 saturated carbocycles. The summed E-state index contributed by atoms with van der Waals surface area (Å²) in [6.45, 7) is 0. The van der Waals surface area contributed by atoms with E-state index in [4.69, 9.17) is 0 Å². The van der Waals surface area contributed by atoms with E-state index in [1.807, 2.05) is 84.9 Å². The van der Waals surface area contributed by atoms with Crippen LogP contribution in [0.1, 0.15) is 41.4 Å². The molecule has 234 valence electrons. The van der Waals surface area contributed by atoms with Crippen molar-refractivity contribution in [1.82, 2.24) is 0 Å². The number of carboxylic acids is 2. The van der Waals surface area contributed by atoms with Gasteiger partial charge in [-0.2, -0.15) is 0 Å². The second-order valence-electron chi connectivity index (χ2n) is 10.9. The van der Waals surface area contributed by atoms with Crippen molar-refractivity contribution in [1.29, 1.82) is 0 Å². The smallest absolute Gasteiger partial charge is 0.337 e. The van der Waals surface area contributed by atoms with Crippen LogP contribution in [0.3, 0.4) is 0 Å². The molecule has 0 saturated heterocycles. The summed E-state index contributed by atoms with van der Waals surface area (Å²) < 4.78 is 0. The maximum atomic E-state index is 13.0. The normalized spacial score (nSPS) is 10.6. The van der Waals surface area contributed by atoms with Crippen molar-refractivity contribution >= 4 is 35.1 Å². The summed E-state index contributed by atoms with van der Waals surface area (Å²) in [5.74, 6) is -3.50. The highest BCUT2D eigenvalue weighted by molar-refractivity contribution is 6.09. The average Bonchev–Trinajstić information content (AvgIpc) is 3.12. The van der Waals surface area contributed by atoms with Gasteiger partial charge in [0, 0.05) is 11.1 Å². The first-order valence-electron chi connectivity index (χ1n) is 15.0. The third kappa shape index (κ3) is 6.88. The van der Waals surface area contributed by atoms with Crippen molar-refractivity contribution in [2.75, 3.05) is 10.6 Å². The van der Waals surface area contributed by atoms with E-state index >= 15 is 0 Å². The first-order chi connectivity index (χ1) is 23.3. The fourth-order valence-electron chi connectivity index (χ4n) is 5.30. The Bertz CT molecular complexity index is 1990. The van der Waals surface area contributed by atoms with Crippen LogP contribution in [0.2, 0.25) is 0 Å². The van der Waals surface area contributed by atoms with Crippen molar-refractivity contribution in [3.8, 4) is 33.4 Å². The van der Waals surface area contributed by atoms with Gasteiger partial charge in [0.2, 0.25) is 0 Å². The number of anilines is 2. The third-order valence-electron chi connectivity index (χ3n) is 7.84. The molecule has 0 aliphatic heterocycles. The van der Waals surface area contributed by atoms with Gasteiger partial charge in [-0.05, 0) is 81.9 Å².